The Kier molecular flexibility index (Phi) is 5.30. The standard InChI is InChI=1S/C22H25N3O3/c1-16-5-4-6-17(13-16)15-24-9-11-25(12-10-24)21(26)14-20-22(27)23-18-7-2-3-8-19(18)28-20/h2-8,13,20H,9-12,14-15H2,1H3,(H,23,27). The smallest absolute Gasteiger partial charge is 0.266 e. The van der Waals surface area contributed by atoms with Gasteiger partial charge in [-0.1, -0.05) is 42.0 Å². The Labute approximate surface area is 165 Å². The molecule has 1 unspecified atom stereocenters. The molecule has 2 aliphatic heterocycles. The maximum Gasteiger partial charge on any atom is 0.266 e. The van der Waals surface area contributed by atoms with Gasteiger partial charge in [0.25, 0.3) is 5.91 Å². The summed E-state index contributed by atoms with van der Waals surface area (Å²) >= 11 is 0. The summed E-state index contributed by atoms with van der Waals surface area (Å²) in [6.45, 7) is 6.02. The van der Waals surface area contributed by atoms with Gasteiger partial charge in [0.05, 0.1) is 12.1 Å². The molecule has 0 aromatic heterocycles. The fraction of sp³-hybridized carbons (Fsp3) is 0.364. The van der Waals surface area contributed by atoms with Crippen LogP contribution in [0.2, 0.25) is 0 Å². The monoisotopic (exact) mass is 379 g/mol. The van der Waals surface area contributed by atoms with Gasteiger partial charge in [-0.2, -0.15) is 0 Å². The molecule has 2 aromatic carbocycles. The Balaban J connectivity index is 1.29. The SMILES string of the molecule is Cc1cccc(CN2CCN(C(=O)CC3Oc4ccccc4NC3=O)CC2)c1. The predicted octanol–water partition coefficient (Wildman–Crippen LogP) is 2.43. The van der Waals surface area contributed by atoms with Crippen LogP contribution in [0.25, 0.3) is 0 Å². The van der Waals surface area contributed by atoms with Crippen molar-refractivity contribution in [3.05, 3.63) is 59.7 Å². The molecular formula is C22H25N3O3. The summed E-state index contributed by atoms with van der Waals surface area (Å²) < 4.78 is 5.75. The lowest BCUT2D eigenvalue weighted by Gasteiger charge is -2.35. The van der Waals surface area contributed by atoms with Crippen molar-refractivity contribution in [2.24, 2.45) is 0 Å². The minimum Gasteiger partial charge on any atom is -0.478 e. The summed E-state index contributed by atoms with van der Waals surface area (Å²) in [6, 6.07) is 15.8. The summed E-state index contributed by atoms with van der Waals surface area (Å²) in [5.74, 6) is 0.322. The van der Waals surface area contributed by atoms with Crippen molar-refractivity contribution in [1.82, 2.24) is 9.80 Å². The summed E-state index contributed by atoms with van der Waals surface area (Å²) in [5.41, 5.74) is 3.21. The average Bonchev–Trinajstić information content (AvgIpc) is 2.69. The fourth-order valence-electron chi connectivity index (χ4n) is 3.74. The molecule has 6 nitrogen and oxygen atoms in total. The van der Waals surface area contributed by atoms with Crippen molar-refractivity contribution in [2.75, 3.05) is 31.5 Å². The van der Waals surface area contributed by atoms with Gasteiger partial charge in [-0.3, -0.25) is 14.5 Å². The molecular weight excluding hydrogens is 354 g/mol. The van der Waals surface area contributed by atoms with Crippen LogP contribution in [0.5, 0.6) is 5.75 Å². The molecule has 0 radical (unpaired) electrons. The van der Waals surface area contributed by atoms with E-state index in [0.717, 1.165) is 19.6 Å². The van der Waals surface area contributed by atoms with Gasteiger partial charge in [-0.25, -0.2) is 0 Å². The van der Waals surface area contributed by atoms with Gasteiger partial charge in [-0.05, 0) is 24.6 Å². The molecule has 1 N–H and O–H groups in total. The van der Waals surface area contributed by atoms with E-state index in [4.69, 9.17) is 4.74 Å². The quantitative estimate of drug-likeness (QED) is 0.886. The van der Waals surface area contributed by atoms with Crippen molar-refractivity contribution >= 4 is 17.5 Å². The van der Waals surface area contributed by atoms with Crippen LogP contribution in [0, 0.1) is 6.92 Å². The van der Waals surface area contributed by atoms with Crippen molar-refractivity contribution in [3.63, 3.8) is 0 Å². The number of aryl methyl sites for hydroxylation is 1. The molecule has 2 aromatic rings. The number of nitrogens with zero attached hydrogens (tertiary/aromatic N) is 2. The van der Waals surface area contributed by atoms with Crippen LogP contribution in [0.15, 0.2) is 48.5 Å². The van der Waals surface area contributed by atoms with Crippen molar-refractivity contribution in [2.45, 2.75) is 26.0 Å². The number of fused-ring (bicyclic) bond motifs is 1. The van der Waals surface area contributed by atoms with E-state index in [1.54, 1.807) is 12.1 Å². The maximum absolute atomic E-state index is 12.7. The second kappa shape index (κ2) is 8.02. The summed E-state index contributed by atoms with van der Waals surface area (Å²) in [6.07, 6.45) is -0.703. The molecule has 0 bridgehead atoms. The first kappa shape index (κ1) is 18.5. The average molecular weight is 379 g/mol. The van der Waals surface area contributed by atoms with Gasteiger partial charge < -0.3 is 15.0 Å². The molecule has 2 amide bonds. The molecule has 28 heavy (non-hydrogen) atoms. The maximum atomic E-state index is 12.7. The van der Waals surface area contributed by atoms with Crippen LogP contribution in [0.4, 0.5) is 5.69 Å². The number of amides is 2. The van der Waals surface area contributed by atoms with Crippen LogP contribution in [0.1, 0.15) is 17.5 Å². The van der Waals surface area contributed by atoms with E-state index in [0.29, 0.717) is 24.5 Å². The van der Waals surface area contributed by atoms with Crippen LogP contribution in [-0.2, 0) is 16.1 Å². The van der Waals surface area contributed by atoms with E-state index in [2.05, 4.69) is 41.4 Å². The van der Waals surface area contributed by atoms with E-state index >= 15 is 0 Å². The number of nitrogens with one attached hydrogen (secondary N) is 1. The number of piperazine rings is 1. The Morgan fingerprint density at radius 3 is 2.68 bits per heavy atom. The summed E-state index contributed by atoms with van der Waals surface area (Å²) in [7, 11) is 0. The van der Waals surface area contributed by atoms with Crippen LogP contribution < -0.4 is 10.1 Å². The van der Waals surface area contributed by atoms with Gasteiger partial charge in [0, 0.05) is 32.7 Å². The zero-order chi connectivity index (χ0) is 19.5. The molecule has 0 spiro atoms. The number of carbonyl (C=O) groups is 2. The van der Waals surface area contributed by atoms with Gasteiger partial charge in [0.1, 0.15) is 5.75 Å². The highest BCUT2D eigenvalue weighted by Crippen LogP contribution is 2.29. The summed E-state index contributed by atoms with van der Waals surface area (Å²) in [5, 5.41) is 2.81. The van der Waals surface area contributed by atoms with E-state index in [1.807, 2.05) is 17.0 Å². The third kappa shape index (κ3) is 4.17. The molecule has 6 heteroatoms. The number of ether oxygens (including phenoxy) is 1. The summed E-state index contributed by atoms with van der Waals surface area (Å²) in [4.78, 5) is 29.1. The number of para-hydroxylation sites is 2. The van der Waals surface area contributed by atoms with E-state index in [1.165, 1.54) is 11.1 Å². The van der Waals surface area contributed by atoms with Crippen molar-refractivity contribution in [3.8, 4) is 5.75 Å². The second-order valence-electron chi connectivity index (χ2n) is 7.44. The van der Waals surface area contributed by atoms with E-state index < -0.39 is 6.10 Å². The predicted molar refractivity (Wildman–Crippen MR) is 107 cm³/mol. The molecule has 146 valence electrons. The lowest BCUT2D eigenvalue weighted by molar-refractivity contribution is -0.138. The molecule has 1 saturated heterocycles. The Morgan fingerprint density at radius 1 is 1.11 bits per heavy atom. The largest absolute Gasteiger partial charge is 0.478 e. The third-order valence-corrected chi connectivity index (χ3v) is 5.28. The van der Waals surface area contributed by atoms with Gasteiger partial charge in [0.2, 0.25) is 5.91 Å². The number of carbonyl (C=O) groups excluding carboxylic acids is 2. The minimum atomic E-state index is -0.771. The zero-order valence-corrected chi connectivity index (χ0v) is 16.1. The number of benzene rings is 2. The molecule has 0 aliphatic carbocycles. The minimum absolute atomic E-state index is 0.0327. The van der Waals surface area contributed by atoms with Gasteiger partial charge in [-0.15, -0.1) is 0 Å². The van der Waals surface area contributed by atoms with Crippen molar-refractivity contribution in [1.29, 1.82) is 0 Å². The molecule has 2 aliphatic rings. The number of hydrogen-bond donors (Lipinski definition) is 1. The highest BCUT2D eigenvalue weighted by molar-refractivity contribution is 5.99. The Bertz CT molecular complexity index is 875. The number of anilines is 1. The first-order chi connectivity index (χ1) is 13.6. The first-order valence-corrected chi connectivity index (χ1v) is 9.71. The third-order valence-electron chi connectivity index (χ3n) is 5.28. The molecule has 1 fully saturated rings. The number of hydrogen-bond acceptors (Lipinski definition) is 4. The zero-order valence-electron chi connectivity index (χ0n) is 16.1. The second-order valence-corrected chi connectivity index (χ2v) is 7.44. The highest BCUT2D eigenvalue weighted by atomic mass is 16.5. The van der Waals surface area contributed by atoms with Crippen LogP contribution >= 0.6 is 0 Å². The number of rotatable bonds is 4. The molecule has 2 heterocycles. The van der Waals surface area contributed by atoms with E-state index in [-0.39, 0.29) is 18.2 Å². The Morgan fingerprint density at radius 2 is 1.89 bits per heavy atom. The topological polar surface area (TPSA) is 61.9 Å². The molecule has 4 rings (SSSR count). The molecule has 0 saturated carbocycles. The van der Waals surface area contributed by atoms with Gasteiger partial charge in [0.15, 0.2) is 6.10 Å². The van der Waals surface area contributed by atoms with Gasteiger partial charge >= 0.3 is 0 Å². The molecule has 1 atom stereocenters. The Hall–Kier alpha value is -2.86. The van der Waals surface area contributed by atoms with Crippen LogP contribution in [-0.4, -0.2) is 53.9 Å². The first-order valence-electron chi connectivity index (χ1n) is 9.71. The normalized spacial score (nSPS) is 19.5. The van der Waals surface area contributed by atoms with E-state index in [9.17, 15) is 9.59 Å². The lowest BCUT2D eigenvalue weighted by Crippen LogP contribution is -2.50. The fourth-order valence-corrected chi connectivity index (χ4v) is 3.74. The lowest BCUT2D eigenvalue weighted by atomic mass is 10.1. The highest BCUT2D eigenvalue weighted by Gasteiger charge is 2.32. The van der Waals surface area contributed by atoms with Crippen molar-refractivity contribution < 1.29 is 14.3 Å². The van der Waals surface area contributed by atoms with Crippen LogP contribution in [0.3, 0.4) is 0 Å².